The summed E-state index contributed by atoms with van der Waals surface area (Å²) >= 11 is 0. The first-order valence-electron chi connectivity index (χ1n) is 8.86. The van der Waals surface area contributed by atoms with E-state index in [1.54, 1.807) is 18.3 Å². The van der Waals surface area contributed by atoms with Crippen molar-refractivity contribution in [2.45, 2.75) is 18.9 Å². The van der Waals surface area contributed by atoms with E-state index in [0.717, 1.165) is 36.5 Å². The molecule has 0 aliphatic carbocycles. The minimum absolute atomic E-state index is 0.210. The van der Waals surface area contributed by atoms with Gasteiger partial charge in [0.1, 0.15) is 11.6 Å². The van der Waals surface area contributed by atoms with Crippen LogP contribution in [0.5, 0.6) is 0 Å². The SMILES string of the molecule is CN1CC[C@H](c2[nH]ncc2-c2ccnc(NCc3ccccc3F)c2)C1. The zero-order chi connectivity index (χ0) is 17.9. The summed E-state index contributed by atoms with van der Waals surface area (Å²) in [6, 6.07) is 10.8. The lowest BCUT2D eigenvalue weighted by molar-refractivity contribution is 0.411. The molecule has 0 bridgehead atoms. The molecule has 1 aliphatic heterocycles. The second-order valence-electron chi connectivity index (χ2n) is 6.82. The van der Waals surface area contributed by atoms with Gasteiger partial charge in [-0.05, 0) is 43.8 Å². The zero-order valence-electron chi connectivity index (χ0n) is 14.7. The smallest absolute Gasteiger partial charge is 0.128 e. The predicted molar refractivity (Wildman–Crippen MR) is 100 cm³/mol. The number of hydrogen-bond acceptors (Lipinski definition) is 4. The third-order valence-electron chi connectivity index (χ3n) is 4.96. The van der Waals surface area contributed by atoms with Gasteiger partial charge in [-0.25, -0.2) is 9.37 Å². The molecule has 1 aliphatic rings. The molecule has 0 radical (unpaired) electrons. The average Bonchev–Trinajstić information content (AvgIpc) is 3.30. The number of nitrogens with zero attached hydrogens (tertiary/aromatic N) is 3. The quantitative estimate of drug-likeness (QED) is 0.737. The van der Waals surface area contributed by atoms with Crippen molar-refractivity contribution in [2.24, 2.45) is 0 Å². The van der Waals surface area contributed by atoms with Crippen molar-refractivity contribution in [1.82, 2.24) is 20.1 Å². The minimum Gasteiger partial charge on any atom is -0.366 e. The summed E-state index contributed by atoms with van der Waals surface area (Å²) in [5, 5.41) is 10.7. The molecule has 3 aromatic rings. The first kappa shape index (κ1) is 16.7. The number of halogens is 1. The Labute approximate surface area is 152 Å². The van der Waals surface area contributed by atoms with Gasteiger partial charge in [-0.2, -0.15) is 5.10 Å². The maximum Gasteiger partial charge on any atom is 0.128 e. The van der Waals surface area contributed by atoms with Gasteiger partial charge in [0, 0.05) is 42.0 Å². The topological polar surface area (TPSA) is 56.8 Å². The van der Waals surface area contributed by atoms with Crippen molar-refractivity contribution in [3.05, 3.63) is 65.9 Å². The van der Waals surface area contributed by atoms with Gasteiger partial charge in [-0.15, -0.1) is 0 Å². The van der Waals surface area contributed by atoms with Gasteiger partial charge in [0.15, 0.2) is 0 Å². The van der Waals surface area contributed by atoms with Crippen LogP contribution >= 0.6 is 0 Å². The normalized spacial score (nSPS) is 17.5. The van der Waals surface area contributed by atoms with E-state index in [-0.39, 0.29) is 5.82 Å². The van der Waals surface area contributed by atoms with Gasteiger partial charge in [0.05, 0.1) is 6.20 Å². The predicted octanol–water partition coefficient (Wildman–Crippen LogP) is 3.64. The third kappa shape index (κ3) is 3.46. The molecule has 0 spiro atoms. The second-order valence-corrected chi connectivity index (χ2v) is 6.82. The summed E-state index contributed by atoms with van der Waals surface area (Å²) in [6.45, 7) is 2.54. The van der Waals surface area contributed by atoms with Gasteiger partial charge >= 0.3 is 0 Å². The van der Waals surface area contributed by atoms with Crippen LogP contribution in [0, 0.1) is 5.82 Å². The molecule has 1 atom stereocenters. The number of nitrogens with one attached hydrogen (secondary N) is 2. The van der Waals surface area contributed by atoms with Crippen LogP contribution in [0.3, 0.4) is 0 Å². The van der Waals surface area contributed by atoms with Crippen LogP contribution in [0.25, 0.3) is 11.1 Å². The number of H-pyrrole nitrogens is 1. The van der Waals surface area contributed by atoms with Crippen molar-refractivity contribution < 1.29 is 4.39 Å². The molecule has 0 amide bonds. The Bertz CT molecular complexity index is 891. The molecule has 1 aromatic carbocycles. The van der Waals surface area contributed by atoms with Crippen LogP contribution in [-0.4, -0.2) is 40.2 Å². The summed E-state index contributed by atoms with van der Waals surface area (Å²) in [4.78, 5) is 6.70. The van der Waals surface area contributed by atoms with E-state index < -0.39 is 0 Å². The van der Waals surface area contributed by atoms with Crippen molar-refractivity contribution >= 4 is 5.82 Å². The average molecular weight is 351 g/mol. The van der Waals surface area contributed by atoms with Gasteiger partial charge < -0.3 is 10.2 Å². The van der Waals surface area contributed by atoms with Crippen LogP contribution in [0.1, 0.15) is 23.6 Å². The molecule has 5 nitrogen and oxygen atoms in total. The first-order valence-corrected chi connectivity index (χ1v) is 8.86. The van der Waals surface area contributed by atoms with Crippen LogP contribution in [-0.2, 0) is 6.54 Å². The zero-order valence-corrected chi connectivity index (χ0v) is 14.7. The van der Waals surface area contributed by atoms with E-state index in [2.05, 4.69) is 32.4 Å². The molecule has 2 N–H and O–H groups in total. The van der Waals surface area contributed by atoms with Crippen molar-refractivity contribution in [3.8, 4) is 11.1 Å². The fraction of sp³-hybridized carbons (Fsp3) is 0.300. The summed E-state index contributed by atoms with van der Waals surface area (Å²) in [5.41, 5.74) is 3.98. The molecule has 26 heavy (non-hydrogen) atoms. The number of pyridine rings is 1. The molecule has 1 fully saturated rings. The maximum atomic E-state index is 13.8. The minimum atomic E-state index is -0.210. The number of aromatic amines is 1. The Morgan fingerprint density at radius 1 is 1.31 bits per heavy atom. The highest BCUT2D eigenvalue weighted by Crippen LogP contribution is 2.33. The van der Waals surface area contributed by atoms with E-state index in [9.17, 15) is 4.39 Å². The van der Waals surface area contributed by atoms with E-state index in [1.165, 1.54) is 11.8 Å². The summed E-state index contributed by atoms with van der Waals surface area (Å²) in [7, 11) is 2.15. The number of aromatic nitrogens is 3. The number of benzene rings is 1. The van der Waals surface area contributed by atoms with E-state index in [0.29, 0.717) is 18.0 Å². The molecular weight excluding hydrogens is 329 g/mol. The molecular formula is C20H22FN5. The van der Waals surface area contributed by atoms with Crippen LogP contribution in [0.4, 0.5) is 10.2 Å². The highest BCUT2D eigenvalue weighted by atomic mass is 19.1. The van der Waals surface area contributed by atoms with Crippen molar-refractivity contribution in [3.63, 3.8) is 0 Å². The Balaban J connectivity index is 1.53. The Kier molecular flexibility index (Phi) is 4.67. The first-order chi connectivity index (χ1) is 12.7. The van der Waals surface area contributed by atoms with Crippen LogP contribution < -0.4 is 5.32 Å². The van der Waals surface area contributed by atoms with E-state index in [4.69, 9.17) is 0 Å². The highest BCUT2D eigenvalue weighted by Gasteiger charge is 2.25. The molecule has 2 aromatic heterocycles. The van der Waals surface area contributed by atoms with Crippen LogP contribution in [0.15, 0.2) is 48.8 Å². The standard InChI is InChI=1S/C20H22FN5/c1-26-9-7-16(13-26)20-17(12-24-25-20)14-6-8-22-19(10-14)23-11-15-4-2-3-5-18(15)21/h2-6,8,10,12,16H,7,9,11,13H2,1H3,(H,22,23)(H,24,25)/t16-/m0/s1. The largest absolute Gasteiger partial charge is 0.366 e. The lowest BCUT2D eigenvalue weighted by atomic mass is 9.97. The van der Waals surface area contributed by atoms with Gasteiger partial charge in [-0.1, -0.05) is 18.2 Å². The molecule has 3 heterocycles. The van der Waals surface area contributed by atoms with Crippen molar-refractivity contribution in [2.75, 3.05) is 25.5 Å². The molecule has 0 saturated carbocycles. The molecule has 134 valence electrons. The number of rotatable bonds is 5. The molecule has 0 unspecified atom stereocenters. The fourth-order valence-electron chi connectivity index (χ4n) is 3.53. The third-order valence-corrected chi connectivity index (χ3v) is 4.96. The van der Waals surface area contributed by atoms with Crippen molar-refractivity contribution in [1.29, 1.82) is 0 Å². The molecule has 6 heteroatoms. The Morgan fingerprint density at radius 2 is 2.19 bits per heavy atom. The summed E-state index contributed by atoms with van der Waals surface area (Å²) < 4.78 is 13.8. The number of likely N-dealkylation sites (tertiary alicyclic amines) is 1. The number of likely N-dealkylation sites (N-methyl/N-ethyl adjacent to an activating group) is 1. The Hall–Kier alpha value is -2.73. The number of anilines is 1. The molecule has 1 saturated heterocycles. The van der Waals surface area contributed by atoms with E-state index in [1.807, 2.05) is 24.4 Å². The maximum absolute atomic E-state index is 13.8. The second kappa shape index (κ2) is 7.25. The molecule has 4 rings (SSSR count). The van der Waals surface area contributed by atoms with Gasteiger partial charge in [0.25, 0.3) is 0 Å². The number of hydrogen-bond donors (Lipinski definition) is 2. The van der Waals surface area contributed by atoms with Gasteiger partial charge in [-0.3, -0.25) is 5.10 Å². The lowest BCUT2D eigenvalue weighted by Gasteiger charge is -2.12. The Morgan fingerprint density at radius 3 is 3.00 bits per heavy atom. The van der Waals surface area contributed by atoms with Crippen LogP contribution in [0.2, 0.25) is 0 Å². The summed E-state index contributed by atoms with van der Waals surface area (Å²) in [5.74, 6) is 0.987. The lowest BCUT2D eigenvalue weighted by Crippen LogP contribution is -2.13. The summed E-state index contributed by atoms with van der Waals surface area (Å²) in [6.07, 6.45) is 4.79. The van der Waals surface area contributed by atoms with Gasteiger partial charge in [0.2, 0.25) is 0 Å². The fourth-order valence-corrected chi connectivity index (χ4v) is 3.53. The van der Waals surface area contributed by atoms with E-state index >= 15 is 0 Å². The monoisotopic (exact) mass is 351 g/mol. The highest BCUT2D eigenvalue weighted by molar-refractivity contribution is 5.68.